The van der Waals surface area contributed by atoms with Gasteiger partial charge in [0.15, 0.2) is 0 Å². The van der Waals surface area contributed by atoms with E-state index in [9.17, 15) is 24.3 Å². The number of fused-ring (bicyclic) bond motifs is 2. The maximum atomic E-state index is 13.2. The molecule has 1 aromatic heterocycles. The standard InChI is InChI=1S/C23H19Cl2N3O5S/c1-26(13-3-5-19-20(9-13)34-23(33)27(19)2)10-16(22(31)32)21(30)28(11-29)18-6-4-14-15(18)7-12(24)8-17(14)25/h3,5,7-11,18H,4,6H2,1-2H3,(H,31,32)/b16-10+. The summed E-state index contributed by atoms with van der Waals surface area (Å²) in [5.74, 6) is -2.43. The van der Waals surface area contributed by atoms with Crippen LogP contribution in [0.5, 0.6) is 0 Å². The fraction of sp³-hybridized carbons (Fsp3) is 0.217. The lowest BCUT2D eigenvalue weighted by Gasteiger charge is -2.25. The van der Waals surface area contributed by atoms with Crippen molar-refractivity contribution >= 4 is 68.7 Å². The number of carboxylic acids is 1. The first-order valence-corrected chi connectivity index (χ1v) is 11.7. The summed E-state index contributed by atoms with van der Waals surface area (Å²) in [4.78, 5) is 51.3. The van der Waals surface area contributed by atoms with Gasteiger partial charge in [-0.1, -0.05) is 34.5 Å². The maximum Gasteiger partial charge on any atom is 0.342 e. The molecule has 4 rings (SSSR count). The number of rotatable bonds is 6. The summed E-state index contributed by atoms with van der Waals surface area (Å²) in [5.41, 5.74) is 2.14. The van der Waals surface area contributed by atoms with Gasteiger partial charge in [0.2, 0.25) is 6.41 Å². The molecule has 1 aliphatic rings. The number of halogens is 2. The average Bonchev–Trinajstić information content (AvgIpc) is 3.32. The minimum absolute atomic E-state index is 0.120. The quantitative estimate of drug-likeness (QED) is 0.229. The zero-order valence-electron chi connectivity index (χ0n) is 18.1. The third-order valence-corrected chi connectivity index (χ3v) is 7.42. The largest absolute Gasteiger partial charge is 0.477 e. The molecule has 34 heavy (non-hydrogen) atoms. The molecule has 0 saturated carbocycles. The Morgan fingerprint density at radius 3 is 2.65 bits per heavy atom. The Morgan fingerprint density at radius 2 is 1.97 bits per heavy atom. The molecule has 1 N–H and O–H groups in total. The molecule has 0 fully saturated rings. The predicted octanol–water partition coefficient (Wildman–Crippen LogP) is 3.98. The number of aliphatic carboxylic acids is 1. The number of hydrogen-bond donors (Lipinski definition) is 1. The zero-order chi connectivity index (χ0) is 24.7. The van der Waals surface area contributed by atoms with Gasteiger partial charge in [0, 0.05) is 36.0 Å². The van der Waals surface area contributed by atoms with Crippen LogP contribution in [0.2, 0.25) is 10.0 Å². The van der Waals surface area contributed by atoms with E-state index in [1.807, 2.05) is 0 Å². The summed E-state index contributed by atoms with van der Waals surface area (Å²) >= 11 is 13.4. The van der Waals surface area contributed by atoms with Gasteiger partial charge in [-0.25, -0.2) is 4.79 Å². The molecule has 1 atom stereocenters. The molecule has 0 radical (unpaired) electrons. The molecule has 0 aliphatic heterocycles. The Bertz CT molecular complexity index is 1430. The van der Waals surface area contributed by atoms with Gasteiger partial charge in [-0.15, -0.1) is 0 Å². The number of amides is 2. The first kappa shape index (κ1) is 24.0. The number of benzene rings is 2. The van der Waals surface area contributed by atoms with E-state index in [1.54, 1.807) is 44.4 Å². The van der Waals surface area contributed by atoms with E-state index in [2.05, 4.69) is 0 Å². The fourth-order valence-electron chi connectivity index (χ4n) is 4.12. The summed E-state index contributed by atoms with van der Waals surface area (Å²) in [6.45, 7) is 0. The van der Waals surface area contributed by atoms with Gasteiger partial charge in [0.25, 0.3) is 5.91 Å². The van der Waals surface area contributed by atoms with Crippen LogP contribution in [0.15, 0.2) is 46.9 Å². The third-order valence-electron chi connectivity index (χ3n) is 5.87. The SMILES string of the molecule is CN(/C=C(/C(=O)O)C(=O)N(C=O)C1CCc2c(Cl)cc(Cl)cc21)c1ccc2c(c1)sc(=O)n2C. The van der Waals surface area contributed by atoms with Crippen LogP contribution in [0, 0.1) is 0 Å². The van der Waals surface area contributed by atoms with E-state index in [1.165, 1.54) is 9.47 Å². The van der Waals surface area contributed by atoms with Crippen molar-refractivity contribution in [1.82, 2.24) is 9.47 Å². The van der Waals surface area contributed by atoms with Crippen molar-refractivity contribution in [2.45, 2.75) is 18.9 Å². The smallest absolute Gasteiger partial charge is 0.342 e. The Balaban J connectivity index is 1.68. The van der Waals surface area contributed by atoms with Gasteiger partial charge in [-0.05, 0) is 54.3 Å². The molecule has 0 saturated heterocycles. The van der Waals surface area contributed by atoms with E-state index >= 15 is 0 Å². The third kappa shape index (κ3) is 4.22. The van der Waals surface area contributed by atoms with Crippen molar-refractivity contribution in [1.29, 1.82) is 0 Å². The lowest BCUT2D eigenvalue weighted by Crippen LogP contribution is -2.36. The van der Waals surface area contributed by atoms with E-state index in [4.69, 9.17) is 23.2 Å². The van der Waals surface area contributed by atoms with Gasteiger partial charge < -0.3 is 14.6 Å². The van der Waals surface area contributed by atoms with Crippen LogP contribution in [0.25, 0.3) is 10.2 Å². The van der Waals surface area contributed by atoms with Crippen LogP contribution < -0.4 is 9.77 Å². The van der Waals surface area contributed by atoms with Crippen LogP contribution in [0.4, 0.5) is 5.69 Å². The summed E-state index contributed by atoms with van der Waals surface area (Å²) in [6, 6.07) is 7.74. The number of thiazole rings is 1. The highest BCUT2D eigenvalue weighted by Gasteiger charge is 2.35. The van der Waals surface area contributed by atoms with Crippen molar-refractivity contribution in [2.75, 3.05) is 11.9 Å². The zero-order valence-corrected chi connectivity index (χ0v) is 20.4. The second-order valence-electron chi connectivity index (χ2n) is 7.87. The highest BCUT2D eigenvalue weighted by atomic mass is 35.5. The molecule has 3 aromatic rings. The van der Waals surface area contributed by atoms with E-state index in [0.717, 1.165) is 38.2 Å². The van der Waals surface area contributed by atoms with E-state index in [0.29, 0.717) is 40.5 Å². The maximum absolute atomic E-state index is 13.2. The van der Waals surface area contributed by atoms with Crippen LogP contribution >= 0.6 is 34.5 Å². The molecular formula is C23H19Cl2N3O5S. The Hall–Kier alpha value is -3.14. The molecule has 2 aromatic carbocycles. The summed E-state index contributed by atoms with van der Waals surface area (Å²) in [7, 11) is 3.25. The minimum atomic E-state index is -1.48. The molecular weight excluding hydrogens is 501 g/mol. The molecule has 1 aliphatic carbocycles. The summed E-state index contributed by atoms with van der Waals surface area (Å²) in [6.07, 6.45) is 2.43. The fourth-order valence-corrected chi connectivity index (χ4v) is 5.64. The van der Waals surface area contributed by atoms with Crippen molar-refractivity contribution in [3.05, 3.63) is 72.9 Å². The van der Waals surface area contributed by atoms with Crippen molar-refractivity contribution < 1.29 is 19.5 Å². The van der Waals surface area contributed by atoms with Gasteiger partial charge in [-0.3, -0.25) is 19.3 Å². The Kier molecular flexibility index (Phi) is 6.53. The molecule has 0 bridgehead atoms. The number of hydrogen-bond acceptors (Lipinski definition) is 6. The number of nitrogens with zero attached hydrogens (tertiary/aromatic N) is 3. The first-order chi connectivity index (χ1) is 16.1. The number of carbonyl (C=O) groups is 3. The van der Waals surface area contributed by atoms with E-state index < -0.39 is 23.5 Å². The second-order valence-corrected chi connectivity index (χ2v) is 9.70. The first-order valence-electron chi connectivity index (χ1n) is 10.2. The second kappa shape index (κ2) is 9.25. The van der Waals surface area contributed by atoms with Gasteiger partial charge in [0.1, 0.15) is 5.57 Å². The predicted molar refractivity (Wildman–Crippen MR) is 132 cm³/mol. The summed E-state index contributed by atoms with van der Waals surface area (Å²) in [5, 5.41) is 10.6. The number of carboxylic acid groups (broad SMARTS) is 1. The van der Waals surface area contributed by atoms with Gasteiger partial charge in [-0.2, -0.15) is 0 Å². The van der Waals surface area contributed by atoms with E-state index in [-0.39, 0.29) is 4.87 Å². The van der Waals surface area contributed by atoms with Crippen molar-refractivity contribution in [2.24, 2.45) is 7.05 Å². The monoisotopic (exact) mass is 519 g/mol. The van der Waals surface area contributed by atoms with Crippen LogP contribution in [-0.4, -0.2) is 39.9 Å². The molecule has 11 heteroatoms. The topological polar surface area (TPSA) is 99.9 Å². The Labute approximate surface area is 208 Å². The number of aromatic nitrogens is 1. The number of anilines is 1. The minimum Gasteiger partial charge on any atom is -0.477 e. The number of aryl methyl sites for hydroxylation is 1. The molecule has 1 unspecified atom stereocenters. The van der Waals surface area contributed by atoms with Crippen LogP contribution in [0.1, 0.15) is 23.6 Å². The number of carbonyl (C=O) groups excluding carboxylic acids is 2. The highest BCUT2D eigenvalue weighted by molar-refractivity contribution is 7.16. The van der Waals surface area contributed by atoms with Crippen molar-refractivity contribution in [3.8, 4) is 0 Å². The van der Waals surface area contributed by atoms with Crippen LogP contribution in [-0.2, 0) is 27.9 Å². The molecule has 2 amide bonds. The summed E-state index contributed by atoms with van der Waals surface area (Å²) < 4.78 is 2.24. The number of imide groups is 1. The normalized spacial score (nSPS) is 15.3. The Morgan fingerprint density at radius 1 is 1.24 bits per heavy atom. The highest BCUT2D eigenvalue weighted by Crippen LogP contribution is 2.41. The lowest BCUT2D eigenvalue weighted by molar-refractivity contribution is -0.141. The molecule has 0 spiro atoms. The van der Waals surface area contributed by atoms with Gasteiger partial charge in [0.05, 0.1) is 16.3 Å². The molecule has 176 valence electrons. The lowest BCUT2D eigenvalue weighted by atomic mass is 10.1. The van der Waals surface area contributed by atoms with Gasteiger partial charge >= 0.3 is 10.8 Å². The van der Waals surface area contributed by atoms with Crippen LogP contribution in [0.3, 0.4) is 0 Å². The average molecular weight is 520 g/mol. The van der Waals surface area contributed by atoms with Crippen molar-refractivity contribution in [3.63, 3.8) is 0 Å². The molecule has 1 heterocycles. The molecule has 8 nitrogen and oxygen atoms in total.